The maximum Gasteiger partial charge on any atom is 0.183 e. The van der Waals surface area contributed by atoms with Gasteiger partial charge in [-0.15, -0.1) is 0 Å². The van der Waals surface area contributed by atoms with Crippen molar-refractivity contribution < 1.29 is 8.78 Å². The predicted molar refractivity (Wildman–Crippen MR) is 61.1 cm³/mol. The molecule has 1 unspecified atom stereocenters. The van der Waals surface area contributed by atoms with Gasteiger partial charge in [-0.25, -0.2) is 8.78 Å². The van der Waals surface area contributed by atoms with Crippen molar-refractivity contribution in [3.8, 4) is 0 Å². The Morgan fingerprint density at radius 2 is 2.12 bits per heavy atom. The number of anilines is 2. The van der Waals surface area contributed by atoms with Gasteiger partial charge < -0.3 is 11.1 Å². The number of nitrogens with one attached hydrogen (secondary N) is 1. The third-order valence-corrected chi connectivity index (χ3v) is 3.15. The van der Waals surface area contributed by atoms with Crippen LogP contribution in [0.25, 0.3) is 0 Å². The summed E-state index contributed by atoms with van der Waals surface area (Å²) in [6, 6.07) is 2.42. The molecule has 1 saturated carbocycles. The Morgan fingerprint density at radius 1 is 1.44 bits per heavy atom. The van der Waals surface area contributed by atoms with E-state index in [2.05, 4.69) is 12.2 Å². The highest BCUT2D eigenvalue weighted by atomic mass is 19.2. The molecule has 0 radical (unpaired) electrons. The molecule has 16 heavy (non-hydrogen) atoms. The van der Waals surface area contributed by atoms with Crippen LogP contribution in [0.5, 0.6) is 0 Å². The molecule has 88 valence electrons. The van der Waals surface area contributed by atoms with E-state index in [1.165, 1.54) is 18.9 Å². The number of nitrogens with two attached hydrogens (primary N) is 1. The Kier molecular flexibility index (Phi) is 2.99. The Hall–Kier alpha value is -1.32. The quantitative estimate of drug-likeness (QED) is 0.774. The van der Waals surface area contributed by atoms with Gasteiger partial charge in [0.1, 0.15) is 0 Å². The smallest absolute Gasteiger partial charge is 0.183 e. The molecule has 2 rings (SSSR count). The molecular weight excluding hydrogens is 210 g/mol. The highest BCUT2D eigenvalue weighted by molar-refractivity contribution is 5.66. The van der Waals surface area contributed by atoms with E-state index in [4.69, 9.17) is 5.73 Å². The van der Waals surface area contributed by atoms with Crippen molar-refractivity contribution in [3.05, 3.63) is 23.8 Å². The average molecular weight is 226 g/mol. The number of hydrogen-bond donors (Lipinski definition) is 2. The van der Waals surface area contributed by atoms with Crippen molar-refractivity contribution in [1.82, 2.24) is 0 Å². The van der Waals surface area contributed by atoms with Gasteiger partial charge in [-0.1, -0.05) is 6.92 Å². The van der Waals surface area contributed by atoms with Crippen LogP contribution in [0.2, 0.25) is 0 Å². The van der Waals surface area contributed by atoms with Crippen molar-refractivity contribution >= 4 is 11.4 Å². The van der Waals surface area contributed by atoms with Crippen molar-refractivity contribution in [3.63, 3.8) is 0 Å². The van der Waals surface area contributed by atoms with Gasteiger partial charge in [0.2, 0.25) is 0 Å². The van der Waals surface area contributed by atoms with Gasteiger partial charge in [0.15, 0.2) is 11.6 Å². The highest BCUT2D eigenvalue weighted by Crippen LogP contribution is 2.37. The van der Waals surface area contributed by atoms with E-state index >= 15 is 0 Å². The lowest BCUT2D eigenvalue weighted by molar-refractivity contribution is 0.505. The molecule has 0 bridgehead atoms. The number of nitrogen functional groups attached to an aromatic ring is 1. The molecule has 1 aromatic rings. The zero-order valence-electron chi connectivity index (χ0n) is 9.26. The van der Waals surface area contributed by atoms with Crippen molar-refractivity contribution in [2.75, 3.05) is 17.6 Å². The van der Waals surface area contributed by atoms with Crippen molar-refractivity contribution in [2.45, 2.75) is 19.8 Å². The SMILES string of the molecule is CC(CNc1c(N)ccc(F)c1F)C1CC1. The summed E-state index contributed by atoms with van der Waals surface area (Å²) in [4.78, 5) is 0. The van der Waals surface area contributed by atoms with Crippen LogP contribution in [-0.4, -0.2) is 6.54 Å². The van der Waals surface area contributed by atoms with Gasteiger partial charge in [-0.05, 0) is 36.8 Å². The topological polar surface area (TPSA) is 38.0 Å². The summed E-state index contributed by atoms with van der Waals surface area (Å²) < 4.78 is 26.4. The predicted octanol–water partition coefficient (Wildman–Crippen LogP) is 3.01. The van der Waals surface area contributed by atoms with Gasteiger partial charge in [-0.2, -0.15) is 0 Å². The summed E-state index contributed by atoms with van der Waals surface area (Å²) in [5, 5.41) is 2.90. The number of halogens is 2. The number of rotatable bonds is 4. The molecule has 1 aromatic carbocycles. The molecule has 0 spiro atoms. The minimum absolute atomic E-state index is 0.0903. The van der Waals surface area contributed by atoms with Gasteiger partial charge in [0.05, 0.1) is 11.4 Å². The van der Waals surface area contributed by atoms with E-state index in [0.717, 1.165) is 12.0 Å². The van der Waals surface area contributed by atoms with E-state index in [0.29, 0.717) is 12.5 Å². The van der Waals surface area contributed by atoms with Crippen LogP contribution >= 0.6 is 0 Å². The molecule has 1 aliphatic rings. The van der Waals surface area contributed by atoms with Gasteiger partial charge in [0.25, 0.3) is 0 Å². The fourth-order valence-electron chi connectivity index (χ4n) is 1.84. The molecule has 3 N–H and O–H groups in total. The van der Waals surface area contributed by atoms with Crippen LogP contribution < -0.4 is 11.1 Å². The first kappa shape index (κ1) is 11.2. The average Bonchev–Trinajstić information content (AvgIpc) is 3.07. The van der Waals surface area contributed by atoms with Crippen LogP contribution in [0.3, 0.4) is 0 Å². The van der Waals surface area contributed by atoms with E-state index in [1.54, 1.807) is 0 Å². The summed E-state index contributed by atoms with van der Waals surface area (Å²) in [5.41, 5.74) is 5.94. The highest BCUT2D eigenvalue weighted by Gasteiger charge is 2.27. The van der Waals surface area contributed by atoms with Gasteiger partial charge in [0, 0.05) is 6.54 Å². The largest absolute Gasteiger partial charge is 0.397 e. The first-order valence-corrected chi connectivity index (χ1v) is 5.57. The first-order chi connectivity index (χ1) is 7.59. The molecule has 1 aliphatic carbocycles. The fourth-order valence-corrected chi connectivity index (χ4v) is 1.84. The molecular formula is C12H16F2N2. The van der Waals surface area contributed by atoms with E-state index in [9.17, 15) is 8.78 Å². The van der Waals surface area contributed by atoms with Gasteiger partial charge in [-0.3, -0.25) is 0 Å². The molecule has 4 heteroatoms. The van der Waals surface area contributed by atoms with E-state index < -0.39 is 11.6 Å². The monoisotopic (exact) mass is 226 g/mol. The molecule has 0 saturated heterocycles. The number of hydrogen-bond acceptors (Lipinski definition) is 2. The standard InChI is InChI=1S/C12H16F2N2/c1-7(8-2-3-8)6-16-12-10(15)5-4-9(13)11(12)14/h4-5,7-8,16H,2-3,6,15H2,1H3. The number of benzene rings is 1. The van der Waals surface area contributed by atoms with Crippen LogP contribution in [-0.2, 0) is 0 Å². The Balaban J connectivity index is 2.05. The molecule has 1 fully saturated rings. The second-order valence-electron chi connectivity index (χ2n) is 4.52. The zero-order chi connectivity index (χ0) is 11.7. The Labute approximate surface area is 93.8 Å². The maximum absolute atomic E-state index is 13.4. The molecule has 0 aromatic heterocycles. The third kappa shape index (κ3) is 2.26. The Morgan fingerprint density at radius 3 is 2.75 bits per heavy atom. The summed E-state index contributed by atoms with van der Waals surface area (Å²) >= 11 is 0. The molecule has 0 heterocycles. The van der Waals surface area contributed by atoms with Crippen LogP contribution in [0.4, 0.5) is 20.2 Å². The minimum atomic E-state index is -0.886. The van der Waals surface area contributed by atoms with Crippen molar-refractivity contribution in [2.24, 2.45) is 11.8 Å². The van der Waals surface area contributed by atoms with E-state index in [-0.39, 0.29) is 11.4 Å². The van der Waals surface area contributed by atoms with Crippen LogP contribution in [0.1, 0.15) is 19.8 Å². The summed E-state index contributed by atoms with van der Waals surface area (Å²) in [6.45, 7) is 2.74. The van der Waals surface area contributed by atoms with Crippen LogP contribution in [0.15, 0.2) is 12.1 Å². The Bertz CT molecular complexity index is 389. The van der Waals surface area contributed by atoms with Crippen LogP contribution in [0, 0.1) is 23.5 Å². The first-order valence-electron chi connectivity index (χ1n) is 5.57. The molecule has 2 nitrogen and oxygen atoms in total. The molecule has 0 aliphatic heterocycles. The second-order valence-corrected chi connectivity index (χ2v) is 4.52. The molecule has 0 amide bonds. The summed E-state index contributed by atoms with van der Waals surface area (Å²) in [7, 11) is 0. The fraction of sp³-hybridized carbons (Fsp3) is 0.500. The lowest BCUT2D eigenvalue weighted by atomic mass is 10.1. The zero-order valence-corrected chi connectivity index (χ0v) is 9.26. The van der Waals surface area contributed by atoms with E-state index in [1.807, 2.05) is 0 Å². The summed E-state index contributed by atoms with van der Waals surface area (Å²) in [5.74, 6) is -0.550. The van der Waals surface area contributed by atoms with Gasteiger partial charge >= 0.3 is 0 Å². The lowest BCUT2D eigenvalue weighted by Crippen LogP contribution is -2.15. The van der Waals surface area contributed by atoms with Crippen molar-refractivity contribution in [1.29, 1.82) is 0 Å². The maximum atomic E-state index is 13.4. The minimum Gasteiger partial charge on any atom is -0.397 e. The summed E-state index contributed by atoms with van der Waals surface area (Å²) in [6.07, 6.45) is 2.48. The third-order valence-electron chi connectivity index (χ3n) is 3.15. The normalized spacial score (nSPS) is 17.2. The lowest BCUT2D eigenvalue weighted by Gasteiger charge is -2.14. The molecule has 1 atom stereocenters. The second kappa shape index (κ2) is 4.28.